The second kappa shape index (κ2) is 14.5. The third-order valence-electron chi connectivity index (χ3n) is 6.39. The van der Waals surface area contributed by atoms with Gasteiger partial charge in [-0.1, -0.05) is 33.8 Å². The van der Waals surface area contributed by atoms with Crippen LogP contribution in [0.2, 0.25) is 0 Å². The summed E-state index contributed by atoms with van der Waals surface area (Å²) in [5.41, 5.74) is -1.03. The molecular formula is C27H39F3N4O2S. The summed E-state index contributed by atoms with van der Waals surface area (Å²) < 4.78 is 38.4. The lowest BCUT2D eigenvalue weighted by Gasteiger charge is -2.46. The van der Waals surface area contributed by atoms with Crippen molar-refractivity contribution in [2.75, 3.05) is 19.6 Å². The minimum absolute atomic E-state index is 0.0322. The number of thiazole rings is 1. The zero-order chi connectivity index (χ0) is 27.6. The Morgan fingerprint density at radius 1 is 1.08 bits per heavy atom. The van der Waals surface area contributed by atoms with Gasteiger partial charge in [0.15, 0.2) is 0 Å². The molecule has 2 amide bonds. The zero-order valence-corrected chi connectivity index (χ0v) is 23.1. The van der Waals surface area contributed by atoms with Crippen molar-refractivity contribution < 1.29 is 22.8 Å². The smallest absolute Gasteiger partial charge is 0.349 e. The van der Waals surface area contributed by atoms with Gasteiger partial charge in [-0.3, -0.25) is 14.5 Å². The molecule has 206 valence electrons. The van der Waals surface area contributed by atoms with Crippen molar-refractivity contribution in [2.45, 2.75) is 84.5 Å². The maximum absolute atomic E-state index is 12.8. The monoisotopic (exact) mass is 540 g/mol. The van der Waals surface area contributed by atoms with E-state index in [2.05, 4.69) is 20.5 Å². The fourth-order valence-electron chi connectivity index (χ4n) is 4.57. The minimum atomic E-state index is -4.52. The SMILES string of the molecule is CC.CC.Cc1ncc(C2CCC(N3CC(NC(=O)CNC(=O)c4cccc(C(F)(F)F)c4)C3)CC2)s1. The predicted molar refractivity (Wildman–Crippen MR) is 142 cm³/mol. The molecule has 2 fully saturated rings. The van der Waals surface area contributed by atoms with E-state index in [0.29, 0.717) is 12.0 Å². The molecule has 1 aliphatic heterocycles. The van der Waals surface area contributed by atoms with Crippen molar-refractivity contribution in [1.82, 2.24) is 20.5 Å². The summed E-state index contributed by atoms with van der Waals surface area (Å²) >= 11 is 1.79. The Labute approximate surface area is 222 Å². The molecule has 1 aliphatic carbocycles. The summed E-state index contributed by atoms with van der Waals surface area (Å²) in [5.74, 6) is -0.451. The van der Waals surface area contributed by atoms with Crippen LogP contribution in [0, 0.1) is 6.92 Å². The quantitative estimate of drug-likeness (QED) is 0.487. The van der Waals surface area contributed by atoms with Crippen molar-refractivity contribution in [1.29, 1.82) is 0 Å². The maximum Gasteiger partial charge on any atom is 0.416 e. The van der Waals surface area contributed by atoms with Crippen LogP contribution in [-0.2, 0) is 11.0 Å². The van der Waals surface area contributed by atoms with Gasteiger partial charge in [0.2, 0.25) is 5.91 Å². The zero-order valence-electron chi connectivity index (χ0n) is 22.3. The van der Waals surface area contributed by atoms with E-state index in [-0.39, 0.29) is 24.1 Å². The summed E-state index contributed by atoms with van der Waals surface area (Å²) in [6.07, 6.45) is 2.06. The van der Waals surface area contributed by atoms with Crippen LogP contribution >= 0.6 is 11.3 Å². The minimum Gasteiger partial charge on any atom is -0.349 e. The fraction of sp³-hybridized carbons (Fsp3) is 0.593. The molecule has 2 N–H and O–H groups in total. The highest BCUT2D eigenvalue weighted by atomic mass is 32.1. The summed E-state index contributed by atoms with van der Waals surface area (Å²) in [6, 6.07) is 4.71. The van der Waals surface area contributed by atoms with E-state index in [1.54, 1.807) is 11.3 Å². The van der Waals surface area contributed by atoms with Crippen molar-refractivity contribution >= 4 is 23.2 Å². The van der Waals surface area contributed by atoms with Crippen LogP contribution in [0.5, 0.6) is 0 Å². The van der Waals surface area contributed by atoms with Gasteiger partial charge in [0.05, 0.1) is 23.2 Å². The molecule has 10 heteroatoms. The van der Waals surface area contributed by atoms with Crippen LogP contribution in [0.1, 0.15) is 85.1 Å². The van der Waals surface area contributed by atoms with Crippen molar-refractivity contribution in [2.24, 2.45) is 0 Å². The number of hydrogen-bond acceptors (Lipinski definition) is 5. The van der Waals surface area contributed by atoms with E-state index in [1.807, 2.05) is 40.8 Å². The van der Waals surface area contributed by atoms with Gasteiger partial charge in [-0.15, -0.1) is 11.3 Å². The highest BCUT2D eigenvalue weighted by molar-refractivity contribution is 7.11. The molecule has 2 heterocycles. The van der Waals surface area contributed by atoms with Crippen molar-refractivity contribution in [3.05, 3.63) is 51.5 Å². The first-order valence-electron chi connectivity index (χ1n) is 13.1. The van der Waals surface area contributed by atoms with Gasteiger partial charge in [0.1, 0.15) is 0 Å². The highest BCUT2D eigenvalue weighted by Crippen LogP contribution is 2.38. The lowest BCUT2D eigenvalue weighted by atomic mass is 9.83. The molecule has 2 aromatic rings. The van der Waals surface area contributed by atoms with E-state index in [4.69, 9.17) is 0 Å². The molecule has 2 aliphatic rings. The first kappa shape index (κ1) is 30.8. The number of benzene rings is 1. The molecule has 1 saturated heterocycles. The van der Waals surface area contributed by atoms with Gasteiger partial charge in [-0.25, -0.2) is 4.98 Å². The van der Waals surface area contributed by atoms with Crippen LogP contribution in [0.25, 0.3) is 0 Å². The second-order valence-electron chi connectivity index (χ2n) is 8.77. The number of likely N-dealkylation sites (tertiary alicyclic amines) is 1. The Bertz CT molecular complexity index is 998. The van der Waals surface area contributed by atoms with Gasteiger partial charge in [0.25, 0.3) is 5.91 Å². The molecule has 6 nitrogen and oxygen atoms in total. The third-order valence-corrected chi connectivity index (χ3v) is 7.47. The number of carbonyl (C=O) groups is 2. The van der Waals surface area contributed by atoms with Crippen LogP contribution in [0.15, 0.2) is 30.5 Å². The summed E-state index contributed by atoms with van der Waals surface area (Å²) in [6.45, 7) is 11.3. The number of hydrogen-bond donors (Lipinski definition) is 2. The van der Waals surface area contributed by atoms with Gasteiger partial charge < -0.3 is 10.6 Å². The van der Waals surface area contributed by atoms with Crippen molar-refractivity contribution in [3.63, 3.8) is 0 Å². The van der Waals surface area contributed by atoms with E-state index in [0.717, 1.165) is 55.9 Å². The standard InChI is InChI=1S/C23H27F3N4O2S.2C2H6/c1-14-27-10-20(33-14)15-5-7-19(8-6-15)30-12-18(13-30)29-21(31)11-28-22(32)16-3-2-4-17(9-16)23(24,25)26;2*1-2/h2-4,9-10,15,18-19H,5-8,11-13H2,1H3,(H,28,32)(H,29,31);2*1-2H3. The molecule has 0 unspecified atom stereocenters. The first-order valence-corrected chi connectivity index (χ1v) is 13.9. The number of rotatable bonds is 6. The van der Waals surface area contributed by atoms with Crippen LogP contribution in [0.4, 0.5) is 13.2 Å². The summed E-state index contributed by atoms with van der Waals surface area (Å²) in [7, 11) is 0. The molecule has 1 saturated carbocycles. The van der Waals surface area contributed by atoms with Crippen LogP contribution in [0.3, 0.4) is 0 Å². The molecule has 0 atom stereocenters. The molecule has 1 aromatic heterocycles. The lowest BCUT2D eigenvalue weighted by Crippen LogP contribution is -2.63. The normalized spacial score (nSPS) is 19.9. The van der Waals surface area contributed by atoms with Gasteiger partial charge in [-0.05, 0) is 56.7 Å². The molecule has 4 rings (SSSR count). The molecule has 1 aromatic carbocycles. The molecule has 0 bridgehead atoms. The number of aryl methyl sites for hydroxylation is 1. The number of amides is 2. The average Bonchev–Trinajstić information content (AvgIpc) is 3.33. The van der Waals surface area contributed by atoms with Crippen molar-refractivity contribution in [3.8, 4) is 0 Å². The van der Waals surface area contributed by atoms with Gasteiger partial charge >= 0.3 is 6.18 Å². The van der Waals surface area contributed by atoms with Gasteiger partial charge in [-0.2, -0.15) is 13.2 Å². The predicted octanol–water partition coefficient (Wildman–Crippen LogP) is 5.78. The van der Waals surface area contributed by atoms with Gasteiger partial charge in [0, 0.05) is 35.8 Å². The topological polar surface area (TPSA) is 74.3 Å². The molecule has 0 radical (unpaired) electrons. The Morgan fingerprint density at radius 3 is 2.30 bits per heavy atom. The molecular weight excluding hydrogens is 501 g/mol. The third kappa shape index (κ3) is 8.81. The van der Waals surface area contributed by atoms with E-state index in [1.165, 1.54) is 17.0 Å². The molecule has 0 spiro atoms. The molecule has 37 heavy (non-hydrogen) atoms. The number of carbonyl (C=O) groups excluding carboxylic acids is 2. The Balaban J connectivity index is 0.00000115. The fourth-order valence-corrected chi connectivity index (χ4v) is 5.53. The number of nitrogens with zero attached hydrogens (tertiary/aromatic N) is 2. The summed E-state index contributed by atoms with van der Waals surface area (Å²) in [5, 5.41) is 6.39. The number of aromatic nitrogens is 1. The van der Waals surface area contributed by atoms with E-state index in [9.17, 15) is 22.8 Å². The van der Waals surface area contributed by atoms with Crippen LogP contribution in [-0.4, -0.2) is 53.4 Å². The van der Waals surface area contributed by atoms with Crippen LogP contribution < -0.4 is 10.6 Å². The average molecular weight is 541 g/mol. The lowest BCUT2D eigenvalue weighted by molar-refractivity contribution is -0.137. The van der Waals surface area contributed by atoms with E-state index < -0.39 is 17.6 Å². The Hall–Kier alpha value is -2.46. The second-order valence-corrected chi connectivity index (χ2v) is 10.0. The number of halogens is 3. The number of nitrogens with one attached hydrogen (secondary N) is 2. The summed E-state index contributed by atoms with van der Waals surface area (Å²) in [4.78, 5) is 32.4. The highest BCUT2D eigenvalue weighted by Gasteiger charge is 2.36. The Kier molecular flexibility index (Phi) is 12.0. The first-order chi connectivity index (χ1) is 17.7. The largest absolute Gasteiger partial charge is 0.416 e. The maximum atomic E-state index is 12.8. The Morgan fingerprint density at radius 2 is 1.73 bits per heavy atom. The van der Waals surface area contributed by atoms with E-state index >= 15 is 0 Å². The number of alkyl halides is 3.